The molecule has 7 nitrogen and oxygen atoms in total. The van der Waals surface area contributed by atoms with Gasteiger partial charge in [-0.25, -0.2) is 0 Å². The van der Waals surface area contributed by atoms with Crippen molar-refractivity contribution >= 4 is 40.7 Å². The highest BCUT2D eigenvalue weighted by molar-refractivity contribution is 6.31. The maximum absolute atomic E-state index is 13.4. The normalized spacial score (nSPS) is 27.5. The Morgan fingerprint density at radius 3 is 2.66 bits per heavy atom. The van der Waals surface area contributed by atoms with Crippen LogP contribution in [-0.2, 0) is 25.7 Å². The van der Waals surface area contributed by atoms with Gasteiger partial charge in [-0.1, -0.05) is 42.0 Å². The van der Waals surface area contributed by atoms with Crippen LogP contribution < -0.4 is 15.5 Å². The first-order chi connectivity index (χ1) is 15.4. The van der Waals surface area contributed by atoms with E-state index >= 15 is 0 Å². The maximum Gasteiger partial charge on any atom is 0.234 e. The van der Waals surface area contributed by atoms with Crippen LogP contribution in [0.3, 0.4) is 0 Å². The Bertz CT molecular complexity index is 1130. The molecule has 3 aliphatic heterocycles. The van der Waals surface area contributed by atoms with Crippen LogP contribution in [-0.4, -0.2) is 36.0 Å². The number of nitrogens with one attached hydrogen (secondary N) is 2. The van der Waals surface area contributed by atoms with Crippen LogP contribution >= 0.6 is 11.6 Å². The molecule has 2 N–H and O–H groups in total. The number of hydrogen-bond acceptors (Lipinski definition) is 4. The second-order valence-electron chi connectivity index (χ2n) is 8.36. The van der Waals surface area contributed by atoms with Gasteiger partial charge in [-0.2, -0.15) is 0 Å². The summed E-state index contributed by atoms with van der Waals surface area (Å²) in [6, 6.07) is 14.4. The summed E-state index contributed by atoms with van der Waals surface area (Å²) in [7, 11) is 0. The largest absolute Gasteiger partial charge is 0.360 e. The van der Waals surface area contributed by atoms with E-state index in [9.17, 15) is 14.4 Å². The van der Waals surface area contributed by atoms with Crippen molar-refractivity contribution in [2.45, 2.75) is 25.2 Å². The molecule has 0 aliphatic carbocycles. The fourth-order valence-electron chi connectivity index (χ4n) is 4.89. The van der Waals surface area contributed by atoms with E-state index in [4.69, 9.17) is 16.3 Å². The van der Waals surface area contributed by atoms with E-state index in [0.717, 1.165) is 5.56 Å². The molecule has 164 valence electrons. The number of amides is 3. The average Bonchev–Trinajstić information content (AvgIpc) is 3.41. The van der Waals surface area contributed by atoms with E-state index in [0.29, 0.717) is 22.9 Å². The molecule has 5 rings (SSSR count). The number of ether oxygens (including phenoxy) is 1. The second-order valence-corrected chi connectivity index (χ2v) is 8.77. The third-order valence-electron chi connectivity index (χ3n) is 6.31. The van der Waals surface area contributed by atoms with Crippen LogP contribution in [0.25, 0.3) is 0 Å². The molecule has 0 radical (unpaired) electrons. The minimum absolute atomic E-state index is 0.137. The lowest BCUT2D eigenvalue weighted by atomic mass is 9.77. The van der Waals surface area contributed by atoms with Crippen molar-refractivity contribution in [1.82, 2.24) is 5.32 Å². The van der Waals surface area contributed by atoms with Crippen LogP contribution in [0.15, 0.2) is 60.7 Å². The SMILES string of the molecule is CC(=O)Nc1ccc(N2C[C@]34C=C[C@@H](O3)C(C(=O)NCc3ccccc3Cl)C4C2=O)cc1. The molecule has 2 aromatic rings. The van der Waals surface area contributed by atoms with Crippen LogP contribution in [0.4, 0.5) is 11.4 Å². The van der Waals surface area contributed by atoms with Gasteiger partial charge in [-0.15, -0.1) is 0 Å². The maximum atomic E-state index is 13.4. The summed E-state index contributed by atoms with van der Waals surface area (Å²) < 4.78 is 6.17. The molecule has 8 heteroatoms. The number of carbonyl (C=O) groups excluding carboxylic acids is 3. The third kappa shape index (κ3) is 3.38. The first kappa shape index (κ1) is 20.7. The predicted molar refractivity (Wildman–Crippen MR) is 120 cm³/mol. The van der Waals surface area contributed by atoms with Crippen LogP contribution in [0.1, 0.15) is 12.5 Å². The lowest BCUT2D eigenvalue weighted by Crippen LogP contribution is -2.44. The Balaban J connectivity index is 1.34. The minimum Gasteiger partial charge on any atom is -0.360 e. The van der Waals surface area contributed by atoms with Crippen molar-refractivity contribution in [3.05, 3.63) is 71.3 Å². The van der Waals surface area contributed by atoms with Crippen molar-refractivity contribution in [2.24, 2.45) is 11.8 Å². The number of benzene rings is 2. The molecule has 1 spiro atoms. The standard InChI is InChI=1S/C24H22ClN3O4/c1-14(29)27-16-6-8-17(9-7-16)28-13-24-11-10-19(32-24)20(21(24)23(28)31)22(30)26-12-15-4-2-3-5-18(15)25/h2-11,19-21H,12-13H2,1H3,(H,26,30)(H,27,29)/t19-,20?,21?,24+/m1/s1. The van der Waals surface area contributed by atoms with Crippen molar-refractivity contribution in [1.29, 1.82) is 0 Å². The van der Waals surface area contributed by atoms with Gasteiger partial charge >= 0.3 is 0 Å². The zero-order valence-corrected chi connectivity index (χ0v) is 18.1. The van der Waals surface area contributed by atoms with Crippen molar-refractivity contribution in [3.63, 3.8) is 0 Å². The Morgan fingerprint density at radius 1 is 1.19 bits per heavy atom. The summed E-state index contributed by atoms with van der Waals surface area (Å²) in [4.78, 5) is 39.4. The monoisotopic (exact) mass is 451 g/mol. The van der Waals surface area contributed by atoms with Crippen LogP contribution in [0.5, 0.6) is 0 Å². The highest BCUT2D eigenvalue weighted by Crippen LogP contribution is 2.52. The van der Waals surface area contributed by atoms with Gasteiger partial charge in [-0.05, 0) is 35.9 Å². The molecule has 3 heterocycles. The number of hydrogen-bond donors (Lipinski definition) is 2. The Hall–Kier alpha value is -3.16. The smallest absolute Gasteiger partial charge is 0.234 e. The molecule has 0 saturated carbocycles. The molecule has 32 heavy (non-hydrogen) atoms. The van der Waals surface area contributed by atoms with Gasteiger partial charge in [0.05, 0.1) is 24.5 Å². The first-order valence-electron chi connectivity index (χ1n) is 10.5. The summed E-state index contributed by atoms with van der Waals surface area (Å²) in [6.07, 6.45) is 3.39. The zero-order chi connectivity index (χ0) is 22.5. The lowest BCUT2D eigenvalue weighted by molar-refractivity contribution is -0.132. The number of fused-ring (bicyclic) bond motifs is 1. The number of rotatable bonds is 5. The average molecular weight is 452 g/mol. The highest BCUT2D eigenvalue weighted by atomic mass is 35.5. The van der Waals surface area contributed by atoms with Crippen molar-refractivity contribution in [3.8, 4) is 0 Å². The van der Waals surface area contributed by atoms with E-state index in [1.165, 1.54) is 6.92 Å². The minimum atomic E-state index is -0.801. The molecule has 2 fully saturated rings. The summed E-state index contributed by atoms with van der Waals surface area (Å²) in [5.74, 6) is -1.70. The van der Waals surface area contributed by atoms with Crippen molar-refractivity contribution in [2.75, 3.05) is 16.8 Å². The molecule has 3 amide bonds. The van der Waals surface area contributed by atoms with Crippen LogP contribution in [0.2, 0.25) is 5.02 Å². The fraction of sp³-hybridized carbons (Fsp3) is 0.292. The quantitative estimate of drug-likeness (QED) is 0.684. The Kier molecular flexibility index (Phi) is 5.03. The molecule has 2 aromatic carbocycles. The molecule has 2 saturated heterocycles. The number of anilines is 2. The molecule has 3 aliphatic rings. The van der Waals surface area contributed by atoms with Gasteiger partial charge in [0, 0.05) is 29.9 Å². The van der Waals surface area contributed by atoms with E-state index < -0.39 is 23.5 Å². The van der Waals surface area contributed by atoms with Crippen LogP contribution in [0, 0.1) is 11.8 Å². The summed E-state index contributed by atoms with van der Waals surface area (Å²) >= 11 is 6.20. The van der Waals surface area contributed by atoms with Gasteiger partial charge < -0.3 is 20.3 Å². The summed E-state index contributed by atoms with van der Waals surface area (Å²) in [5, 5.41) is 6.22. The Morgan fingerprint density at radius 2 is 1.94 bits per heavy atom. The van der Waals surface area contributed by atoms with Gasteiger partial charge in [0.2, 0.25) is 17.7 Å². The number of halogens is 1. The zero-order valence-electron chi connectivity index (χ0n) is 17.4. The molecule has 4 atom stereocenters. The van der Waals surface area contributed by atoms with E-state index in [-0.39, 0.29) is 24.3 Å². The Labute approximate surface area is 190 Å². The molecule has 2 unspecified atom stereocenters. The fourth-order valence-corrected chi connectivity index (χ4v) is 5.09. The molecule has 2 bridgehead atoms. The number of nitrogens with zero attached hydrogens (tertiary/aromatic N) is 1. The lowest BCUT2D eigenvalue weighted by Gasteiger charge is -2.23. The topological polar surface area (TPSA) is 87.7 Å². The van der Waals surface area contributed by atoms with Gasteiger partial charge in [-0.3, -0.25) is 14.4 Å². The summed E-state index contributed by atoms with van der Waals surface area (Å²) in [6.45, 7) is 2.07. The van der Waals surface area contributed by atoms with E-state index in [2.05, 4.69) is 10.6 Å². The second kappa shape index (κ2) is 7.76. The molecular weight excluding hydrogens is 430 g/mol. The van der Waals surface area contributed by atoms with Gasteiger partial charge in [0.1, 0.15) is 5.60 Å². The van der Waals surface area contributed by atoms with E-state index in [1.807, 2.05) is 30.4 Å². The predicted octanol–water partition coefficient (Wildman–Crippen LogP) is 2.90. The van der Waals surface area contributed by atoms with E-state index in [1.54, 1.807) is 35.2 Å². The first-order valence-corrected chi connectivity index (χ1v) is 10.8. The number of carbonyl (C=O) groups is 3. The highest BCUT2D eigenvalue weighted by Gasteiger charge is 2.67. The summed E-state index contributed by atoms with van der Waals surface area (Å²) in [5.41, 5.74) is 1.36. The van der Waals surface area contributed by atoms with Gasteiger partial charge in [0.25, 0.3) is 0 Å². The van der Waals surface area contributed by atoms with Crippen molar-refractivity contribution < 1.29 is 19.1 Å². The van der Waals surface area contributed by atoms with Gasteiger partial charge in [0.15, 0.2) is 0 Å². The molecular formula is C24H22ClN3O4. The molecule has 0 aromatic heterocycles. The third-order valence-corrected chi connectivity index (χ3v) is 6.68.